The van der Waals surface area contributed by atoms with Crippen molar-refractivity contribution in [3.63, 3.8) is 0 Å². The molecule has 0 radical (unpaired) electrons. The van der Waals surface area contributed by atoms with Crippen LogP contribution >= 0.6 is 11.8 Å². The summed E-state index contributed by atoms with van der Waals surface area (Å²) in [5, 5.41) is 2.05. The highest BCUT2D eigenvalue weighted by molar-refractivity contribution is 8.05. The number of carbonyl (C=O) groups excluding carboxylic acids is 2. The maximum atomic E-state index is 13.4. The fourth-order valence-corrected chi connectivity index (χ4v) is 4.24. The van der Waals surface area contributed by atoms with E-state index in [4.69, 9.17) is 0 Å². The summed E-state index contributed by atoms with van der Waals surface area (Å²) < 4.78 is 13.4. The number of amides is 2. The Kier molecular flexibility index (Phi) is 11.8. The average molecular weight is 505 g/mol. The minimum atomic E-state index is -0.546. The molecule has 1 aromatic carbocycles. The molecule has 196 valence electrons. The minimum Gasteiger partial charge on any atom is -0.343 e. The number of benzene rings is 1. The number of allylic oxidation sites excluding steroid dienone is 1. The van der Waals surface area contributed by atoms with Crippen LogP contribution in [0.5, 0.6) is 0 Å². The number of nitrogens with zero attached hydrogens (tertiary/aromatic N) is 2. The molecule has 0 saturated carbocycles. The normalized spacial score (nSPS) is 15.3. The van der Waals surface area contributed by atoms with Gasteiger partial charge in [-0.25, -0.2) is 4.39 Å². The van der Waals surface area contributed by atoms with Gasteiger partial charge in [0.2, 0.25) is 11.8 Å². The summed E-state index contributed by atoms with van der Waals surface area (Å²) in [6, 6.07) is 6.03. The number of hydrogen-bond acceptors (Lipinski definition) is 3. The summed E-state index contributed by atoms with van der Waals surface area (Å²) in [6.07, 6.45) is 1.87. The SMILES string of the molecule is C=C(S/C=C(\C)CN(C(=O)C(C)(C)C)c1ccc(F)cc1)C1CCN(C(C)=O)CC1.CC(C)(C)C. The van der Waals surface area contributed by atoms with Crippen molar-refractivity contribution in [2.45, 2.75) is 75.2 Å². The molecule has 0 atom stereocenters. The first-order valence-corrected chi connectivity index (χ1v) is 13.2. The fraction of sp³-hybridized carbons (Fsp3) is 0.586. The second-order valence-electron chi connectivity index (χ2n) is 11.9. The Morgan fingerprint density at radius 3 is 1.97 bits per heavy atom. The zero-order valence-corrected chi connectivity index (χ0v) is 24.0. The molecule has 4 nitrogen and oxygen atoms in total. The van der Waals surface area contributed by atoms with E-state index in [2.05, 4.69) is 34.3 Å². The molecule has 1 aromatic rings. The molecule has 0 bridgehead atoms. The number of thioether (sulfide) groups is 1. The first kappa shape index (κ1) is 31.0. The number of halogens is 1. The highest BCUT2D eigenvalue weighted by Crippen LogP contribution is 2.33. The molecule has 6 heteroatoms. The zero-order valence-electron chi connectivity index (χ0n) is 23.2. The molecule has 0 spiro atoms. The van der Waals surface area contributed by atoms with E-state index in [1.165, 1.54) is 12.1 Å². The third-order valence-corrected chi connectivity index (χ3v) is 6.40. The number of carbonyl (C=O) groups is 2. The lowest BCUT2D eigenvalue weighted by Crippen LogP contribution is -2.40. The standard InChI is InChI=1S/C24H33FN2O2S.C5H12/c1-17(16-30-18(2)20-11-13-26(14-12-20)19(3)28)15-27(23(29)24(4,5)6)22-9-7-21(25)8-10-22;1-5(2,3)4/h7-10,16,20H,2,11-15H2,1,3-6H3;1-4H3/b17-16+;. The number of rotatable bonds is 6. The minimum absolute atomic E-state index is 0.0118. The zero-order chi connectivity index (χ0) is 27.0. The predicted molar refractivity (Wildman–Crippen MR) is 149 cm³/mol. The van der Waals surface area contributed by atoms with Gasteiger partial charge in [-0.3, -0.25) is 9.59 Å². The van der Waals surface area contributed by atoms with Crippen LogP contribution in [0.15, 0.2) is 46.7 Å². The second kappa shape index (κ2) is 13.3. The van der Waals surface area contributed by atoms with Crippen LogP contribution in [0, 0.1) is 22.6 Å². The Morgan fingerprint density at radius 1 is 1.06 bits per heavy atom. The van der Waals surface area contributed by atoms with Gasteiger partial charge in [0.1, 0.15) is 5.82 Å². The molecular formula is C29H45FN2O2S. The van der Waals surface area contributed by atoms with Gasteiger partial charge in [0, 0.05) is 37.7 Å². The summed E-state index contributed by atoms with van der Waals surface area (Å²) in [6.45, 7) is 24.2. The molecule has 0 aliphatic carbocycles. The molecule has 0 unspecified atom stereocenters. The molecule has 1 fully saturated rings. The molecule has 1 aliphatic heterocycles. The van der Waals surface area contributed by atoms with Crippen LogP contribution in [0.2, 0.25) is 0 Å². The molecule has 35 heavy (non-hydrogen) atoms. The summed E-state index contributed by atoms with van der Waals surface area (Å²) in [4.78, 5) is 29.2. The fourth-order valence-electron chi connectivity index (χ4n) is 3.38. The highest BCUT2D eigenvalue weighted by Gasteiger charge is 2.28. The molecule has 1 saturated heterocycles. The van der Waals surface area contributed by atoms with Gasteiger partial charge in [-0.15, -0.1) is 11.8 Å². The third-order valence-electron chi connectivity index (χ3n) is 5.24. The summed E-state index contributed by atoms with van der Waals surface area (Å²) in [5.74, 6) is 0.185. The van der Waals surface area contributed by atoms with Crippen molar-refractivity contribution in [2.75, 3.05) is 24.5 Å². The van der Waals surface area contributed by atoms with E-state index >= 15 is 0 Å². The quantitative estimate of drug-likeness (QED) is 0.399. The van der Waals surface area contributed by atoms with Crippen molar-refractivity contribution < 1.29 is 14.0 Å². The van der Waals surface area contributed by atoms with Crippen LogP contribution in [0.3, 0.4) is 0 Å². The Bertz CT molecular complexity index is 881. The third kappa shape index (κ3) is 11.9. The molecule has 2 rings (SSSR count). The average Bonchev–Trinajstić information content (AvgIpc) is 2.74. The van der Waals surface area contributed by atoms with Crippen molar-refractivity contribution in [1.82, 2.24) is 4.90 Å². The maximum absolute atomic E-state index is 13.4. The van der Waals surface area contributed by atoms with Crippen LogP contribution in [-0.2, 0) is 9.59 Å². The Morgan fingerprint density at radius 2 is 1.54 bits per heavy atom. The van der Waals surface area contributed by atoms with Crippen molar-refractivity contribution in [3.8, 4) is 0 Å². The molecule has 1 heterocycles. The monoisotopic (exact) mass is 504 g/mol. The molecule has 0 aromatic heterocycles. The molecule has 2 amide bonds. The van der Waals surface area contributed by atoms with Crippen LogP contribution in [-0.4, -0.2) is 36.3 Å². The largest absolute Gasteiger partial charge is 0.343 e. The van der Waals surface area contributed by atoms with E-state index in [0.29, 0.717) is 23.6 Å². The molecule has 1 aliphatic rings. The van der Waals surface area contributed by atoms with Gasteiger partial charge in [-0.05, 0) is 71.3 Å². The van der Waals surface area contributed by atoms with Crippen molar-refractivity contribution in [1.29, 1.82) is 0 Å². The van der Waals surface area contributed by atoms with E-state index in [9.17, 15) is 14.0 Å². The van der Waals surface area contributed by atoms with Gasteiger partial charge in [0.05, 0.1) is 0 Å². The van der Waals surface area contributed by atoms with Crippen LogP contribution in [0.25, 0.3) is 0 Å². The van der Waals surface area contributed by atoms with E-state index in [1.54, 1.807) is 35.7 Å². The Balaban J connectivity index is 0.00000111. The molecular weight excluding hydrogens is 459 g/mol. The van der Waals surface area contributed by atoms with E-state index in [1.807, 2.05) is 38.0 Å². The summed E-state index contributed by atoms with van der Waals surface area (Å²) in [5.41, 5.74) is 1.67. The number of piperidine rings is 1. The smallest absolute Gasteiger partial charge is 0.232 e. The first-order valence-electron chi connectivity index (χ1n) is 12.3. The summed E-state index contributed by atoms with van der Waals surface area (Å²) >= 11 is 1.60. The van der Waals surface area contributed by atoms with Crippen molar-refractivity contribution in [2.24, 2.45) is 16.7 Å². The van der Waals surface area contributed by atoms with Gasteiger partial charge >= 0.3 is 0 Å². The topological polar surface area (TPSA) is 40.6 Å². The van der Waals surface area contributed by atoms with Gasteiger partial charge < -0.3 is 9.80 Å². The highest BCUT2D eigenvalue weighted by atomic mass is 32.2. The number of anilines is 1. The van der Waals surface area contributed by atoms with Gasteiger partial charge in [-0.1, -0.05) is 55.0 Å². The van der Waals surface area contributed by atoms with E-state index in [0.717, 1.165) is 36.4 Å². The number of likely N-dealkylation sites (tertiary alicyclic amines) is 1. The van der Waals surface area contributed by atoms with Gasteiger partial charge in [0.15, 0.2) is 0 Å². The van der Waals surface area contributed by atoms with Crippen LogP contribution in [0.1, 0.15) is 75.2 Å². The Hall–Kier alpha value is -2.08. The van der Waals surface area contributed by atoms with E-state index in [-0.39, 0.29) is 17.6 Å². The maximum Gasteiger partial charge on any atom is 0.232 e. The lowest BCUT2D eigenvalue weighted by atomic mass is 9.94. The van der Waals surface area contributed by atoms with E-state index < -0.39 is 5.41 Å². The van der Waals surface area contributed by atoms with Crippen molar-refractivity contribution >= 4 is 29.3 Å². The van der Waals surface area contributed by atoms with Gasteiger partial charge in [0.25, 0.3) is 0 Å². The second-order valence-corrected chi connectivity index (χ2v) is 12.9. The first-order chi connectivity index (χ1) is 16.0. The lowest BCUT2D eigenvalue weighted by Gasteiger charge is -2.32. The van der Waals surface area contributed by atoms with Crippen LogP contribution < -0.4 is 4.90 Å². The number of hydrogen-bond donors (Lipinski definition) is 0. The van der Waals surface area contributed by atoms with Crippen molar-refractivity contribution in [3.05, 3.63) is 52.5 Å². The predicted octanol–water partition coefficient (Wildman–Crippen LogP) is 7.67. The van der Waals surface area contributed by atoms with Crippen LogP contribution in [0.4, 0.5) is 10.1 Å². The van der Waals surface area contributed by atoms with Gasteiger partial charge in [-0.2, -0.15) is 0 Å². The lowest BCUT2D eigenvalue weighted by molar-refractivity contribution is -0.130. The molecule has 0 N–H and O–H groups in total. The summed E-state index contributed by atoms with van der Waals surface area (Å²) in [7, 11) is 0. The Labute approximate surface area is 217 Å².